The van der Waals surface area contributed by atoms with Crippen molar-refractivity contribution in [3.05, 3.63) is 58.6 Å². The molecule has 4 rings (SSSR count). The molecule has 186 valence electrons. The molecule has 0 bridgehead atoms. The Kier molecular flexibility index (Phi) is 7.93. The van der Waals surface area contributed by atoms with Crippen LogP contribution in [0.15, 0.2) is 42.5 Å². The van der Waals surface area contributed by atoms with Crippen molar-refractivity contribution in [2.45, 2.75) is 26.3 Å². The summed E-state index contributed by atoms with van der Waals surface area (Å²) < 4.78 is 0. The van der Waals surface area contributed by atoms with Gasteiger partial charge in [-0.2, -0.15) is 0 Å². The first-order chi connectivity index (χ1) is 16.8. The topological polar surface area (TPSA) is 85.0 Å². The van der Waals surface area contributed by atoms with E-state index in [0.29, 0.717) is 23.8 Å². The van der Waals surface area contributed by atoms with Crippen LogP contribution in [0.4, 0.5) is 11.4 Å². The van der Waals surface area contributed by atoms with Crippen LogP contribution in [-0.2, 0) is 14.4 Å². The van der Waals surface area contributed by atoms with Crippen molar-refractivity contribution in [3.63, 3.8) is 0 Å². The van der Waals surface area contributed by atoms with E-state index in [1.165, 1.54) is 0 Å². The van der Waals surface area contributed by atoms with Crippen molar-refractivity contribution < 1.29 is 14.4 Å². The number of carbonyl (C=O) groups excluding carboxylic acids is 3. The Labute approximate surface area is 211 Å². The monoisotopic (exact) mass is 497 g/mol. The summed E-state index contributed by atoms with van der Waals surface area (Å²) in [6.07, 6.45) is -0.0746. The van der Waals surface area contributed by atoms with Crippen LogP contribution in [0, 0.1) is 13.8 Å². The molecule has 0 aromatic heterocycles. The van der Waals surface area contributed by atoms with Crippen LogP contribution in [0.3, 0.4) is 0 Å². The number of carbonyl (C=O) groups is 3. The zero-order chi connectivity index (χ0) is 24.9. The summed E-state index contributed by atoms with van der Waals surface area (Å²) in [4.78, 5) is 44.4. The number of anilines is 2. The fourth-order valence-electron chi connectivity index (χ4n) is 4.52. The van der Waals surface area contributed by atoms with E-state index < -0.39 is 6.04 Å². The molecule has 2 aliphatic rings. The third-order valence-corrected chi connectivity index (χ3v) is 7.00. The molecule has 8 nitrogen and oxygen atoms in total. The van der Waals surface area contributed by atoms with E-state index in [0.717, 1.165) is 43.0 Å². The largest absolute Gasteiger partial charge is 0.369 e. The van der Waals surface area contributed by atoms with Crippen molar-refractivity contribution in [1.29, 1.82) is 0 Å². The SMILES string of the molecule is Cc1ccc(NC(=O)C[C@@H]2C(=O)NCCN2C(=O)CN2CCN(c3ccc(Cl)cc3)CC2)cc1C. The summed E-state index contributed by atoms with van der Waals surface area (Å²) in [6, 6.07) is 12.6. The molecule has 9 heteroatoms. The summed E-state index contributed by atoms with van der Waals surface area (Å²) in [5.41, 5.74) is 4.01. The van der Waals surface area contributed by atoms with Gasteiger partial charge in [-0.25, -0.2) is 0 Å². The number of aryl methyl sites for hydroxylation is 2. The van der Waals surface area contributed by atoms with Crippen LogP contribution < -0.4 is 15.5 Å². The Bertz CT molecular complexity index is 1080. The summed E-state index contributed by atoms with van der Waals surface area (Å²) in [5, 5.41) is 6.36. The molecule has 0 aliphatic carbocycles. The van der Waals surface area contributed by atoms with Gasteiger partial charge in [0.1, 0.15) is 6.04 Å². The van der Waals surface area contributed by atoms with Gasteiger partial charge in [0.25, 0.3) is 0 Å². The molecule has 2 N–H and O–H groups in total. The van der Waals surface area contributed by atoms with E-state index in [9.17, 15) is 14.4 Å². The second-order valence-corrected chi connectivity index (χ2v) is 9.62. The Hall–Kier alpha value is -3.10. The minimum atomic E-state index is -0.807. The normalized spacial score (nSPS) is 18.8. The van der Waals surface area contributed by atoms with Crippen LogP contribution in [0.5, 0.6) is 0 Å². The van der Waals surface area contributed by atoms with Gasteiger partial charge in [0, 0.05) is 55.7 Å². The summed E-state index contributed by atoms with van der Waals surface area (Å²) in [6.45, 7) is 8.11. The number of nitrogens with one attached hydrogen (secondary N) is 2. The summed E-state index contributed by atoms with van der Waals surface area (Å²) >= 11 is 5.99. The number of halogens is 1. The second kappa shape index (κ2) is 11.1. The molecule has 2 heterocycles. The Balaban J connectivity index is 1.32. The van der Waals surface area contributed by atoms with Crippen LogP contribution in [0.25, 0.3) is 0 Å². The predicted molar refractivity (Wildman–Crippen MR) is 138 cm³/mol. The highest BCUT2D eigenvalue weighted by molar-refractivity contribution is 6.30. The molecular weight excluding hydrogens is 466 g/mol. The Morgan fingerprint density at radius 3 is 2.40 bits per heavy atom. The summed E-state index contributed by atoms with van der Waals surface area (Å²) in [5.74, 6) is -0.694. The highest BCUT2D eigenvalue weighted by Crippen LogP contribution is 2.20. The second-order valence-electron chi connectivity index (χ2n) is 9.18. The lowest BCUT2D eigenvalue weighted by Crippen LogP contribution is -2.60. The van der Waals surface area contributed by atoms with Gasteiger partial charge in [-0.15, -0.1) is 0 Å². The highest BCUT2D eigenvalue weighted by atomic mass is 35.5. The molecule has 2 aromatic rings. The van der Waals surface area contributed by atoms with E-state index in [1.807, 2.05) is 56.3 Å². The number of amides is 3. The van der Waals surface area contributed by atoms with Crippen LogP contribution >= 0.6 is 11.6 Å². The minimum absolute atomic E-state index is 0.0746. The maximum absolute atomic E-state index is 13.2. The maximum Gasteiger partial charge on any atom is 0.243 e. The smallest absolute Gasteiger partial charge is 0.243 e. The molecule has 0 unspecified atom stereocenters. The number of hydrogen-bond acceptors (Lipinski definition) is 5. The van der Waals surface area contributed by atoms with Crippen molar-refractivity contribution in [2.24, 2.45) is 0 Å². The average molecular weight is 498 g/mol. The van der Waals surface area contributed by atoms with Crippen LogP contribution in [0.1, 0.15) is 17.5 Å². The Morgan fingerprint density at radius 1 is 1.00 bits per heavy atom. The van der Waals surface area contributed by atoms with Crippen molar-refractivity contribution in [3.8, 4) is 0 Å². The Morgan fingerprint density at radius 2 is 1.71 bits per heavy atom. The van der Waals surface area contributed by atoms with Crippen molar-refractivity contribution in [1.82, 2.24) is 15.1 Å². The van der Waals surface area contributed by atoms with Gasteiger partial charge in [-0.3, -0.25) is 19.3 Å². The molecule has 0 saturated carbocycles. The third-order valence-electron chi connectivity index (χ3n) is 6.74. The maximum atomic E-state index is 13.2. The van der Waals surface area contributed by atoms with Gasteiger partial charge >= 0.3 is 0 Å². The highest BCUT2D eigenvalue weighted by Gasteiger charge is 2.35. The first-order valence-electron chi connectivity index (χ1n) is 12.0. The molecule has 2 aromatic carbocycles. The molecule has 35 heavy (non-hydrogen) atoms. The minimum Gasteiger partial charge on any atom is -0.369 e. The zero-order valence-electron chi connectivity index (χ0n) is 20.2. The van der Waals surface area contributed by atoms with Crippen molar-refractivity contribution >= 4 is 40.7 Å². The van der Waals surface area contributed by atoms with E-state index in [1.54, 1.807) is 4.90 Å². The predicted octanol–water partition coefficient (Wildman–Crippen LogP) is 2.43. The number of benzene rings is 2. The quantitative estimate of drug-likeness (QED) is 0.640. The molecule has 0 radical (unpaired) electrons. The fourth-order valence-corrected chi connectivity index (χ4v) is 4.65. The third kappa shape index (κ3) is 6.32. The molecular formula is C26H32ClN5O3. The van der Waals surface area contributed by atoms with E-state index in [4.69, 9.17) is 11.6 Å². The van der Waals surface area contributed by atoms with Gasteiger partial charge in [-0.1, -0.05) is 17.7 Å². The van der Waals surface area contributed by atoms with Crippen molar-refractivity contribution in [2.75, 3.05) is 56.0 Å². The molecule has 1 atom stereocenters. The standard InChI is InChI=1S/C26H32ClN5O3/c1-18-3-6-21(15-19(18)2)29-24(33)16-23-26(35)28-9-10-32(23)25(34)17-30-11-13-31(14-12-30)22-7-4-20(27)5-8-22/h3-8,15,23H,9-14,16-17H2,1-2H3,(H,28,35)(H,29,33)/t23-/m1/s1. The first kappa shape index (κ1) is 25.0. The van der Waals surface area contributed by atoms with Gasteiger partial charge in [0.05, 0.1) is 13.0 Å². The first-order valence-corrected chi connectivity index (χ1v) is 12.3. The fraction of sp³-hybridized carbons (Fsp3) is 0.423. The van der Waals surface area contributed by atoms with Gasteiger partial charge in [0.2, 0.25) is 17.7 Å². The molecule has 2 saturated heterocycles. The lowest BCUT2D eigenvalue weighted by molar-refractivity contribution is -0.145. The summed E-state index contributed by atoms with van der Waals surface area (Å²) in [7, 11) is 0. The van der Waals surface area contributed by atoms with E-state index in [-0.39, 0.29) is 30.7 Å². The molecule has 2 aliphatic heterocycles. The molecule has 0 spiro atoms. The number of hydrogen-bond donors (Lipinski definition) is 2. The average Bonchev–Trinajstić information content (AvgIpc) is 2.84. The zero-order valence-corrected chi connectivity index (χ0v) is 21.0. The lowest BCUT2D eigenvalue weighted by Gasteiger charge is -2.39. The number of piperazine rings is 2. The molecule has 3 amide bonds. The lowest BCUT2D eigenvalue weighted by atomic mass is 10.1. The van der Waals surface area contributed by atoms with Gasteiger partial charge in [0.15, 0.2) is 0 Å². The van der Waals surface area contributed by atoms with E-state index >= 15 is 0 Å². The number of rotatable bonds is 6. The van der Waals surface area contributed by atoms with Gasteiger partial charge < -0.3 is 20.4 Å². The van der Waals surface area contributed by atoms with Gasteiger partial charge in [-0.05, 0) is 61.4 Å². The van der Waals surface area contributed by atoms with Crippen LogP contribution in [0.2, 0.25) is 5.02 Å². The number of nitrogens with zero attached hydrogens (tertiary/aromatic N) is 3. The van der Waals surface area contributed by atoms with E-state index in [2.05, 4.69) is 20.4 Å². The molecule has 2 fully saturated rings. The van der Waals surface area contributed by atoms with Crippen LogP contribution in [-0.4, -0.2) is 79.4 Å².